The van der Waals surface area contributed by atoms with Crippen LogP contribution >= 0.6 is 11.6 Å². The van der Waals surface area contributed by atoms with E-state index in [1.54, 1.807) is 19.1 Å². The Balaban J connectivity index is 1.83. The third-order valence-electron chi connectivity index (χ3n) is 3.78. The first kappa shape index (κ1) is 19.3. The lowest BCUT2D eigenvalue weighted by molar-refractivity contribution is -0.113. The summed E-state index contributed by atoms with van der Waals surface area (Å²) in [6, 6.07) is 8.32. The van der Waals surface area contributed by atoms with Crippen molar-refractivity contribution in [3.8, 4) is 0 Å². The zero-order valence-electron chi connectivity index (χ0n) is 13.9. The third-order valence-corrected chi connectivity index (χ3v) is 7.08. The highest BCUT2D eigenvalue weighted by molar-refractivity contribution is 7.92. The highest BCUT2D eigenvalue weighted by Gasteiger charge is 2.26. The Morgan fingerprint density at radius 3 is 2.67 bits per heavy atom. The average Bonchev–Trinajstić information content (AvgIpc) is 2.57. The van der Waals surface area contributed by atoms with Gasteiger partial charge in [-0.15, -0.1) is 4.40 Å². The summed E-state index contributed by atoms with van der Waals surface area (Å²) in [5, 5.41) is 5.51. The number of carbonyl (C=O) groups is 1. The minimum absolute atomic E-state index is 0.211. The molecule has 0 spiro atoms. The van der Waals surface area contributed by atoms with Crippen LogP contribution in [0.3, 0.4) is 0 Å². The topological polar surface area (TPSA) is 122 Å². The first-order valence-electron chi connectivity index (χ1n) is 7.57. The molecular weight excluding hydrogens is 414 g/mol. The molecule has 0 radical (unpaired) electrons. The van der Waals surface area contributed by atoms with E-state index in [0.29, 0.717) is 10.7 Å². The van der Waals surface area contributed by atoms with Crippen molar-refractivity contribution in [3.63, 3.8) is 0 Å². The zero-order chi connectivity index (χ0) is 19.8. The van der Waals surface area contributed by atoms with Crippen LogP contribution in [0.2, 0.25) is 5.02 Å². The van der Waals surface area contributed by atoms with Gasteiger partial charge in [-0.05, 0) is 42.8 Å². The number of nitrogens with zero attached hydrogens (tertiary/aromatic N) is 1. The highest BCUT2D eigenvalue weighted by atomic mass is 35.5. The summed E-state index contributed by atoms with van der Waals surface area (Å²) in [5.41, 5.74) is 1.38. The van der Waals surface area contributed by atoms with Crippen molar-refractivity contribution in [2.24, 2.45) is 4.40 Å². The summed E-state index contributed by atoms with van der Waals surface area (Å²) in [6.07, 6.45) is 1.01. The van der Waals surface area contributed by atoms with Gasteiger partial charge in [0.2, 0.25) is 5.91 Å². The summed E-state index contributed by atoms with van der Waals surface area (Å²) in [5.74, 6) is -1.62. The van der Waals surface area contributed by atoms with E-state index >= 15 is 0 Å². The lowest BCUT2D eigenvalue weighted by Gasteiger charge is -2.13. The standard InChI is InChI=1S/C16H14ClN3O5S2/c1-10-2-3-11(6-13(10)17)20-16(21)8-26(22,23)12-4-5-14-15(7-12)27(24,25)19-9-18-14/h2-7,9H,8H2,1H3,(H,18,19)(H,20,21). The van der Waals surface area contributed by atoms with Crippen LogP contribution in [0, 0.1) is 6.92 Å². The molecule has 2 aromatic rings. The number of hydrogen-bond donors (Lipinski definition) is 2. The third kappa shape index (κ3) is 4.12. The maximum Gasteiger partial charge on any atom is 0.285 e. The maximum absolute atomic E-state index is 12.5. The number of amides is 1. The Morgan fingerprint density at radius 1 is 1.22 bits per heavy atom. The number of rotatable bonds is 4. The SMILES string of the molecule is Cc1ccc(NC(=O)CS(=O)(=O)c2ccc3c(c2)S(=O)(=O)N=CN3)cc1Cl. The molecule has 0 fully saturated rings. The largest absolute Gasteiger partial charge is 0.345 e. The molecule has 2 aromatic carbocycles. The van der Waals surface area contributed by atoms with Crippen molar-refractivity contribution in [2.45, 2.75) is 16.7 Å². The molecule has 0 saturated carbocycles. The van der Waals surface area contributed by atoms with Gasteiger partial charge in [-0.3, -0.25) is 4.79 Å². The van der Waals surface area contributed by atoms with E-state index < -0.39 is 31.5 Å². The van der Waals surface area contributed by atoms with Crippen molar-refractivity contribution < 1.29 is 21.6 Å². The van der Waals surface area contributed by atoms with E-state index in [4.69, 9.17) is 11.6 Å². The van der Waals surface area contributed by atoms with Crippen LogP contribution in [-0.4, -0.2) is 34.8 Å². The van der Waals surface area contributed by atoms with E-state index in [1.165, 1.54) is 18.2 Å². The van der Waals surface area contributed by atoms with E-state index in [9.17, 15) is 21.6 Å². The number of sulfonamides is 1. The van der Waals surface area contributed by atoms with Gasteiger partial charge in [0.15, 0.2) is 9.84 Å². The van der Waals surface area contributed by atoms with Crippen LogP contribution in [0.4, 0.5) is 11.4 Å². The number of anilines is 2. The lowest BCUT2D eigenvalue weighted by atomic mass is 10.2. The van der Waals surface area contributed by atoms with Crippen molar-refractivity contribution >= 4 is 55.1 Å². The molecule has 1 aliphatic heterocycles. The minimum atomic E-state index is -4.07. The van der Waals surface area contributed by atoms with Gasteiger partial charge in [0.05, 0.1) is 10.6 Å². The van der Waals surface area contributed by atoms with Gasteiger partial charge < -0.3 is 10.6 Å². The highest BCUT2D eigenvalue weighted by Crippen LogP contribution is 2.29. The number of sulfone groups is 1. The Hall–Kier alpha value is -2.43. The molecule has 0 saturated heterocycles. The number of halogens is 1. The molecule has 0 atom stereocenters. The van der Waals surface area contributed by atoms with Crippen LogP contribution in [0.1, 0.15) is 5.56 Å². The van der Waals surface area contributed by atoms with Crippen LogP contribution in [0.25, 0.3) is 0 Å². The summed E-state index contributed by atoms with van der Waals surface area (Å²) in [7, 11) is -8.05. The molecule has 8 nitrogen and oxygen atoms in total. The van der Waals surface area contributed by atoms with Gasteiger partial charge in [-0.1, -0.05) is 17.7 Å². The van der Waals surface area contributed by atoms with Crippen molar-refractivity contribution in [3.05, 3.63) is 47.0 Å². The molecular formula is C16H14ClN3O5S2. The molecule has 1 aliphatic rings. The predicted octanol–water partition coefficient (Wildman–Crippen LogP) is 2.20. The zero-order valence-corrected chi connectivity index (χ0v) is 16.3. The van der Waals surface area contributed by atoms with E-state index in [1.807, 2.05) is 0 Å². The minimum Gasteiger partial charge on any atom is -0.345 e. The smallest absolute Gasteiger partial charge is 0.285 e. The molecule has 0 aromatic heterocycles. The van der Waals surface area contributed by atoms with Crippen molar-refractivity contribution in [2.75, 3.05) is 16.4 Å². The molecule has 0 unspecified atom stereocenters. The quantitative estimate of drug-likeness (QED) is 0.771. The molecule has 1 amide bonds. The summed E-state index contributed by atoms with van der Waals surface area (Å²) in [6.45, 7) is 1.79. The Labute approximate surface area is 161 Å². The summed E-state index contributed by atoms with van der Waals surface area (Å²) >= 11 is 5.98. The van der Waals surface area contributed by atoms with Gasteiger partial charge in [0.1, 0.15) is 17.0 Å². The fraction of sp³-hybridized carbons (Fsp3) is 0.125. The van der Waals surface area contributed by atoms with Crippen molar-refractivity contribution in [1.82, 2.24) is 0 Å². The summed E-state index contributed by atoms with van der Waals surface area (Å²) < 4.78 is 52.2. The van der Waals surface area contributed by atoms with Gasteiger partial charge in [0, 0.05) is 10.7 Å². The molecule has 2 N–H and O–H groups in total. The molecule has 142 valence electrons. The van der Waals surface area contributed by atoms with E-state index in [2.05, 4.69) is 15.0 Å². The molecule has 0 bridgehead atoms. The number of carbonyl (C=O) groups excluding carboxylic acids is 1. The Morgan fingerprint density at radius 2 is 1.96 bits per heavy atom. The lowest BCUT2D eigenvalue weighted by Crippen LogP contribution is -2.23. The average molecular weight is 428 g/mol. The normalized spacial score (nSPS) is 14.9. The fourth-order valence-corrected chi connectivity index (χ4v) is 4.77. The molecule has 27 heavy (non-hydrogen) atoms. The van der Waals surface area contributed by atoms with Gasteiger partial charge >= 0.3 is 0 Å². The number of benzene rings is 2. The monoisotopic (exact) mass is 427 g/mol. The first-order chi connectivity index (χ1) is 12.6. The molecule has 0 aliphatic carbocycles. The Kier molecular flexibility index (Phi) is 4.98. The number of hydrogen-bond acceptors (Lipinski definition) is 6. The number of nitrogens with one attached hydrogen (secondary N) is 2. The van der Waals surface area contributed by atoms with Crippen LogP contribution in [-0.2, 0) is 24.7 Å². The van der Waals surface area contributed by atoms with Gasteiger partial charge in [-0.25, -0.2) is 8.42 Å². The fourth-order valence-electron chi connectivity index (χ4n) is 2.37. The Bertz CT molecular complexity index is 1170. The van der Waals surface area contributed by atoms with Crippen LogP contribution in [0.15, 0.2) is 50.6 Å². The van der Waals surface area contributed by atoms with Crippen LogP contribution in [0.5, 0.6) is 0 Å². The predicted molar refractivity (Wildman–Crippen MR) is 103 cm³/mol. The van der Waals surface area contributed by atoms with Crippen LogP contribution < -0.4 is 10.6 Å². The number of aryl methyl sites for hydroxylation is 1. The second kappa shape index (κ2) is 6.95. The first-order valence-corrected chi connectivity index (χ1v) is 11.0. The molecule has 1 heterocycles. The van der Waals surface area contributed by atoms with Crippen molar-refractivity contribution in [1.29, 1.82) is 0 Å². The maximum atomic E-state index is 12.5. The summed E-state index contributed by atoms with van der Waals surface area (Å²) in [4.78, 5) is 11.6. The van der Waals surface area contributed by atoms with E-state index in [-0.39, 0.29) is 15.5 Å². The van der Waals surface area contributed by atoms with E-state index in [0.717, 1.165) is 18.0 Å². The molecule has 3 rings (SSSR count). The second-order valence-electron chi connectivity index (χ2n) is 5.78. The van der Waals surface area contributed by atoms with Gasteiger partial charge in [0.25, 0.3) is 10.0 Å². The van der Waals surface area contributed by atoms with Gasteiger partial charge in [-0.2, -0.15) is 8.42 Å². The molecule has 11 heteroatoms. The number of fused-ring (bicyclic) bond motifs is 1. The second-order valence-corrected chi connectivity index (χ2v) is 9.78.